The maximum Gasteiger partial charge on any atom is 0.175 e. The third-order valence-corrected chi connectivity index (χ3v) is 6.81. The first kappa shape index (κ1) is 19.2. The number of fused-ring (bicyclic) bond motifs is 1. The average Bonchev–Trinajstić information content (AvgIpc) is 3.10. The van der Waals surface area contributed by atoms with Gasteiger partial charge in [-0.3, -0.25) is 0 Å². The molecule has 2 heterocycles. The fourth-order valence-electron chi connectivity index (χ4n) is 4.04. The summed E-state index contributed by atoms with van der Waals surface area (Å²) >= 11 is 0. The molecule has 4 nitrogen and oxygen atoms in total. The van der Waals surface area contributed by atoms with Crippen molar-refractivity contribution < 1.29 is 12.8 Å². The summed E-state index contributed by atoms with van der Waals surface area (Å²) in [6.07, 6.45) is 6.33. The van der Waals surface area contributed by atoms with Crippen LogP contribution in [-0.4, -0.2) is 43.8 Å². The zero-order valence-corrected chi connectivity index (χ0v) is 16.8. The molecular formula is C22H25FN2O2S. The summed E-state index contributed by atoms with van der Waals surface area (Å²) in [6, 6.07) is 14.6. The molecule has 0 unspecified atom stereocenters. The number of benzene rings is 2. The lowest BCUT2D eigenvalue weighted by Crippen LogP contribution is -2.35. The molecule has 0 radical (unpaired) electrons. The van der Waals surface area contributed by atoms with Gasteiger partial charge in [0.15, 0.2) is 9.84 Å². The van der Waals surface area contributed by atoms with Gasteiger partial charge < -0.3 is 9.47 Å². The second kappa shape index (κ2) is 7.68. The van der Waals surface area contributed by atoms with Crippen molar-refractivity contribution in [2.75, 3.05) is 25.9 Å². The van der Waals surface area contributed by atoms with Crippen LogP contribution in [-0.2, 0) is 16.3 Å². The van der Waals surface area contributed by atoms with Gasteiger partial charge in [0.1, 0.15) is 5.82 Å². The highest BCUT2D eigenvalue weighted by Gasteiger charge is 2.21. The van der Waals surface area contributed by atoms with Gasteiger partial charge in [-0.2, -0.15) is 0 Å². The fourth-order valence-corrected chi connectivity index (χ4v) is 4.68. The van der Waals surface area contributed by atoms with E-state index >= 15 is 0 Å². The first-order valence-electron chi connectivity index (χ1n) is 9.67. The van der Waals surface area contributed by atoms with Gasteiger partial charge >= 0.3 is 0 Å². The molecule has 28 heavy (non-hydrogen) atoms. The number of sulfone groups is 1. The predicted octanol–water partition coefficient (Wildman–Crippen LogP) is 4.06. The van der Waals surface area contributed by atoms with E-state index in [-0.39, 0.29) is 5.82 Å². The Morgan fingerprint density at radius 1 is 1.04 bits per heavy atom. The molecule has 0 aliphatic carbocycles. The Morgan fingerprint density at radius 3 is 2.43 bits per heavy atom. The van der Waals surface area contributed by atoms with Gasteiger partial charge in [-0.1, -0.05) is 18.2 Å². The third kappa shape index (κ3) is 4.13. The Bertz CT molecular complexity index is 1070. The van der Waals surface area contributed by atoms with E-state index in [0.29, 0.717) is 10.9 Å². The van der Waals surface area contributed by atoms with E-state index in [0.717, 1.165) is 55.4 Å². The number of hydrogen-bond acceptors (Lipinski definition) is 3. The standard InChI is InChI=1S/C22H25FN2O2S/c1-28(26,27)21-7-4-18-9-15-25(22(18)16-21)20-10-13-24(14-11-20)12-8-17-2-5-19(23)6-3-17/h2-7,9,15-16,20H,8,10-14H2,1H3. The number of hydrogen-bond donors (Lipinski definition) is 0. The zero-order valence-electron chi connectivity index (χ0n) is 16.0. The van der Waals surface area contributed by atoms with Crippen molar-refractivity contribution in [3.63, 3.8) is 0 Å². The van der Waals surface area contributed by atoms with Crippen LogP contribution < -0.4 is 0 Å². The van der Waals surface area contributed by atoms with Crippen LogP contribution in [0.2, 0.25) is 0 Å². The van der Waals surface area contributed by atoms with Gasteiger partial charge in [0.25, 0.3) is 0 Å². The second-order valence-corrected chi connectivity index (χ2v) is 9.68. The summed E-state index contributed by atoms with van der Waals surface area (Å²) in [5.41, 5.74) is 2.15. The molecule has 1 fully saturated rings. The topological polar surface area (TPSA) is 42.3 Å². The van der Waals surface area contributed by atoms with Crippen molar-refractivity contribution >= 4 is 20.7 Å². The van der Waals surface area contributed by atoms with E-state index in [2.05, 4.69) is 21.7 Å². The minimum Gasteiger partial charge on any atom is -0.344 e. The van der Waals surface area contributed by atoms with Gasteiger partial charge in [0, 0.05) is 43.6 Å². The van der Waals surface area contributed by atoms with Gasteiger partial charge in [0.05, 0.1) is 4.90 Å². The van der Waals surface area contributed by atoms with E-state index in [1.165, 1.54) is 18.4 Å². The van der Waals surface area contributed by atoms with Gasteiger partial charge in [-0.15, -0.1) is 0 Å². The molecule has 0 atom stereocenters. The van der Waals surface area contributed by atoms with Crippen LogP contribution in [0.15, 0.2) is 59.6 Å². The maximum absolute atomic E-state index is 13.0. The summed E-state index contributed by atoms with van der Waals surface area (Å²) in [5.74, 6) is -0.192. The smallest absolute Gasteiger partial charge is 0.175 e. The van der Waals surface area contributed by atoms with Gasteiger partial charge in [-0.05, 0) is 60.5 Å². The minimum atomic E-state index is -3.21. The molecule has 1 saturated heterocycles. The Hall–Kier alpha value is -2.18. The Labute approximate surface area is 165 Å². The summed E-state index contributed by atoms with van der Waals surface area (Å²) in [7, 11) is -3.21. The van der Waals surface area contributed by atoms with Crippen molar-refractivity contribution in [2.24, 2.45) is 0 Å². The number of piperidine rings is 1. The molecule has 3 aromatic rings. The van der Waals surface area contributed by atoms with Gasteiger partial charge in [0.2, 0.25) is 0 Å². The molecule has 148 valence electrons. The normalized spacial score (nSPS) is 16.6. The zero-order chi connectivity index (χ0) is 19.7. The van der Waals surface area contributed by atoms with E-state index in [1.807, 2.05) is 18.2 Å². The fraction of sp³-hybridized carbons (Fsp3) is 0.364. The van der Waals surface area contributed by atoms with E-state index in [1.54, 1.807) is 12.1 Å². The number of halogens is 1. The summed E-state index contributed by atoms with van der Waals surface area (Å²) < 4.78 is 39.1. The molecular weight excluding hydrogens is 375 g/mol. The highest BCUT2D eigenvalue weighted by molar-refractivity contribution is 7.90. The Kier molecular flexibility index (Phi) is 5.25. The molecule has 6 heteroatoms. The monoisotopic (exact) mass is 400 g/mol. The molecule has 2 aromatic carbocycles. The highest BCUT2D eigenvalue weighted by Crippen LogP contribution is 2.29. The molecule has 0 amide bonds. The summed E-state index contributed by atoms with van der Waals surface area (Å²) in [6.45, 7) is 3.00. The van der Waals surface area contributed by atoms with Crippen LogP contribution in [0.4, 0.5) is 4.39 Å². The van der Waals surface area contributed by atoms with Crippen LogP contribution in [0.25, 0.3) is 10.9 Å². The van der Waals surface area contributed by atoms with Crippen molar-refractivity contribution in [1.82, 2.24) is 9.47 Å². The molecule has 0 bridgehead atoms. The van der Waals surface area contributed by atoms with Crippen LogP contribution in [0.1, 0.15) is 24.4 Å². The van der Waals surface area contributed by atoms with Crippen molar-refractivity contribution in [2.45, 2.75) is 30.2 Å². The van der Waals surface area contributed by atoms with Crippen LogP contribution in [0.3, 0.4) is 0 Å². The predicted molar refractivity (Wildman–Crippen MR) is 110 cm³/mol. The van der Waals surface area contributed by atoms with E-state index < -0.39 is 9.84 Å². The van der Waals surface area contributed by atoms with Crippen molar-refractivity contribution in [3.05, 3.63) is 66.1 Å². The quantitative estimate of drug-likeness (QED) is 0.649. The summed E-state index contributed by atoms with van der Waals surface area (Å²) in [4.78, 5) is 2.82. The largest absolute Gasteiger partial charge is 0.344 e. The number of nitrogens with zero attached hydrogens (tertiary/aromatic N) is 2. The van der Waals surface area contributed by atoms with Crippen molar-refractivity contribution in [3.8, 4) is 0 Å². The third-order valence-electron chi connectivity index (χ3n) is 5.70. The highest BCUT2D eigenvalue weighted by atomic mass is 32.2. The minimum absolute atomic E-state index is 0.192. The van der Waals surface area contributed by atoms with E-state index in [4.69, 9.17) is 0 Å². The lowest BCUT2D eigenvalue weighted by Gasteiger charge is -2.33. The summed E-state index contributed by atoms with van der Waals surface area (Å²) in [5, 5.41) is 1.08. The number of aromatic nitrogens is 1. The molecule has 0 N–H and O–H groups in total. The molecule has 1 aliphatic rings. The molecule has 1 aromatic heterocycles. The van der Waals surface area contributed by atoms with Crippen LogP contribution >= 0.6 is 0 Å². The second-order valence-electron chi connectivity index (χ2n) is 7.67. The Morgan fingerprint density at radius 2 is 1.75 bits per heavy atom. The van der Waals surface area contributed by atoms with Crippen LogP contribution in [0.5, 0.6) is 0 Å². The molecule has 4 rings (SSSR count). The lowest BCUT2D eigenvalue weighted by atomic mass is 10.0. The maximum atomic E-state index is 13.0. The van der Waals surface area contributed by atoms with Crippen molar-refractivity contribution in [1.29, 1.82) is 0 Å². The number of likely N-dealkylation sites (tertiary alicyclic amines) is 1. The Balaban J connectivity index is 1.41. The first-order valence-corrected chi connectivity index (χ1v) is 11.6. The molecule has 0 saturated carbocycles. The SMILES string of the molecule is CS(=O)(=O)c1ccc2ccn(C3CCN(CCc4ccc(F)cc4)CC3)c2c1. The van der Waals surface area contributed by atoms with Crippen LogP contribution in [0, 0.1) is 5.82 Å². The average molecular weight is 401 g/mol. The molecule has 0 spiro atoms. The molecule has 1 aliphatic heterocycles. The van der Waals surface area contributed by atoms with E-state index in [9.17, 15) is 12.8 Å². The first-order chi connectivity index (χ1) is 13.4. The van der Waals surface area contributed by atoms with Gasteiger partial charge in [-0.25, -0.2) is 12.8 Å². The lowest BCUT2D eigenvalue weighted by molar-refractivity contribution is 0.190. The number of rotatable bonds is 5.